The molecule has 1 aliphatic rings. The zero-order valence-corrected chi connectivity index (χ0v) is 20.3. The van der Waals surface area contributed by atoms with Crippen molar-refractivity contribution >= 4 is 27.4 Å². The molecule has 4 aromatic rings. The minimum absolute atomic E-state index is 0.692. The Bertz CT molecular complexity index is 1280. The van der Waals surface area contributed by atoms with Crippen LogP contribution in [0.3, 0.4) is 0 Å². The van der Waals surface area contributed by atoms with Crippen molar-refractivity contribution in [3.8, 4) is 5.75 Å². The molecule has 33 heavy (non-hydrogen) atoms. The van der Waals surface area contributed by atoms with Gasteiger partial charge in [-0.2, -0.15) is 0 Å². The van der Waals surface area contributed by atoms with E-state index in [1.165, 1.54) is 32.5 Å². The molecule has 0 radical (unpaired) electrons. The Hall–Kier alpha value is -2.96. The molecule has 0 saturated carbocycles. The van der Waals surface area contributed by atoms with Crippen molar-refractivity contribution in [2.75, 3.05) is 19.0 Å². The molecule has 0 fully saturated rings. The van der Waals surface area contributed by atoms with Crippen LogP contribution < -0.4 is 10.1 Å². The fourth-order valence-electron chi connectivity index (χ4n) is 4.69. The van der Waals surface area contributed by atoms with Gasteiger partial charge < -0.3 is 10.1 Å². The molecule has 6 heteroatoms. The molecule has 2 aromatic heterocycles. The lowest BCUT2D eigenvalue weighted by Crippen LogP contribution is -2.30. The summed E-state index contributed by atoms with van der Waals surface area (Å²) >= 11 is 1.78. The summed E-state index contributed by atoms with van der Waals surface area (Å²) in [5, 5.41) is 4.79. The number of anilines is 1. The highest BCUT2D eigenvalue weighted by atomic mass is 32.1. The normalized spacial score (nSPS) is 13.8. The molecule has 0 spiro atoms. The first-order valence-electron chi connectivity index (χ1n) is 11.6. The van der Waals surface area contributed by atoms with Gasteiger partial charge in [-0.15, -0.1) is 11.3 Å². The van der Waals surface area contributed by atoms with Crippen molar-refractivity contribution in [3.63, 3.8) is 0 Å². The van der Waals surface area contributed by atoms with E-state index in [1.807, 2.05) is 12.1 Å². The van der Waals surface area contributed by atoms with E-state index in [0.717, 1.165) is 54.7 Å². The van der Waals surface area contributed by atoms with Gasteiger partial charge in [0.25, 0.3) is 0 Å². The topological polar surface area (TPSA) is 50.3 Å². The van der Waals surface area contributed by atoms with Crippen LogP contribution in [0.25, 0.3) is 10.2 Å². The van der Waals surface area contributed by atoms with Gasteiger partial charge in [0.15, 0.2) is 0 Å². The Morgan fingerprint density at radius 2 is 1.94 bits per heavy atom. The number of ether oxygens (including phenoxy) is 1. The van der Waals surface area contributed by atoms with Crippen LogP contribution in [-0.4, -0.2) is 28.5 Å². The second-order valence-corrected chi connectivity index (χ2v) is 9.80. The predicted octanol–water partition coefficient (Wildman–Crippen LogP) is 5.74. The second-order valence-electron chi connectivity index (χ2n) is 8.59. The summed E-state index contributed by atoms with van der Waals surface area (Å²) in [5.41, 5.74) is 5.40. The van der Waals surface area contributed by atoms with Gasteiger partial charge in [0, 0.05) is 24.5 Å². The van der Waals surface area contributed by atoms with Gasteiger partial charge in [-0.3, -0.25) is 4.90 Å². The molecular formula is C27H30N4OS. The van der Waals surface area contributed by atoms with E-state index in [0.29, 0.717) is 6.54 Å². The predicted molar refractivity (Wildman–Crippen MR) is 136 cm³/mol. The van der Waals surface area contributed by atoms with Crippen LogP contribution in [0.2, 0.25) is 0 Å². The highest BCUT2D eigenvalue weighted by molar-refractivity contribution is 7.18. The molecule has 5 nitrogen and oxygen atoms in total. The van der Waals surface area contributed by atoms with Crippen molar-refractivity contribution < 1.29 is 4.74 Å². The number of nitrogens with zero attached hydrogens (tertiary/aromatic N) is 3. The number of hydrogen-bond donors (Lipinski definition) is 1. The van der Waals surface area contributed by atoms with Crippen molar-refractivity contribution in [2.45, 2.75) is 46.3 Å². The number of fused-ring (bicyclic) bond motifs is 2. The minimum atomic E-state index is 0.692. The van der Waals surface area contributed by atoms with Crippen LogP contribution in [0.5, 0.6) is 5.75 Å². The van der Waals surface area contributed by atoms with Gasteiger partial charge in [0.05, 0.1) is 19.0 Å². The highest BCUT2D eigenvalue weighted by Gasteiger charge is 2.20. The fraction of sp³-hybridized carbons (Fsp3) is 0.333. The van der Waals surface area contributed by atoms with Crippen LogP contribution in [0, 0.1) is 6.92 Å². The van der Waals surface area contributed by atoms with Gasteiger partial charge in [-0.25, -0.2) is 9.97 Å². The maximum atomic E-state index is 5.39. The van der Waals surface area contributed by atoms with E-state index < -0.39 is 0 Å². The van der Waals surface area contributed by atoms with Crippen LogP contribution in [0.4, 0.5) is 5.82 Å². The first kappa shape index (κ1) is 21.9. The molecule has 0 saturated heterocycles. The number of aryl methyl sites for hydroxylation is 2. The van der Waals surface area contributed by atoms with Crippen molar-refractivity contribution in [2.24, 2.45) is 0 Å². The van der Waals surface area contributed by atoms with Crippen LogP contribution in [0.15, 0.2) is 48.5 Å². The zero-order valence-electron chi connectivity index (χ0n) is 19.5. The Labute approximate surface area is 199 Å². The molecule has 1 aliphatic heterocycles. The third-order valence-electron chi connectivity index (χ3n) is 6.42. The number of nitrogens with one attached hydrogen (secondary N) is 1. The van der Waals surface area contributed by atoms with Crippen molar-refractivity contribution in [1.29, 1.82) is 0 Å². The second kappa shape index (κ2) is 9.49. The number of benzene rings is 2. The lowest BCUT2D eigenvalue weighted by molar-refractivity contribution is 0.240. The number of hydrogen-bond acceptors (Lipinski definition) is 6. The monoisotopic (exact) mass is 458 g/mol. The number of methoxy groups -OCH3 is 1. The van der Waals surface area contributed by atoms with E-state index >= 15 is 0 Å². The van der Waals surface area contributed by atoms with Gasteiger partial charge >= 0.3 is 0 Å². The average Bonchev–Trinajstić information content (AvgIpc) is 3.17. The molecular weight excluding hydrogens is 428 g/mol. The summed E-state index contributed by atoms with van der Waals surface area (Å²) in [6.07, 6.45) is 2.06. The molecule has 170 valence electrons. The number of aromatic nitrogens is 2. The van der Waals surface area contributed by atoms with Crippen LogP contribution >= 0.6 is 11.3 Å². The first-order valence-corrected chi connectivity index (χ1v) is 12.4. The third kappa shape index (κ3) is 4.59. The van der Waals surface area contributed by atoms with E-state index in [4.69, 9.17) is 14.7 Å². The van der Waals surface area contributed by atoms with Gasteiger partial charge in [0.1, 0.15) is 22.2 Å². The van der Waals surface area contributed by atoms with E-state index in [-0.39, 0.29) is 0 Å². The van der Waals surface area contributed by atoms with Crippen molar-refractivity contribution in [3.05, 3.63) is 81.5 Å². The first-order chi connectivity index (χ1) is 16.1. The maximum absolute atomic E-state index is 5.39. The average molecular weight is 459 g/mol. The zero-order chi connectivity index (χ0) is 22.8. The molecule has 0 aliphatic carbocycles. The smallest absolute Gasteiger partial charge is 0.146 e. The molecule has 0 bridgehead atoms. The van der Waals surface area contributed by atoms with E-state index in [2.05, 4.69) is 60.5 Å². The van der Waals surface area contributed by atoms with E-state index in [9.17, 15) is 0 Å². The summed E-state index contributed by atoms with van der Waals surface area (Å²) < 4.78 is 5.39. The van der Waals surface area contributed by atoms with E-state index in [1.54, 1.807) is 18.4 Å². The Balaban J connectivity index is 1.44. The van der Waals surface area contributed by atoms with Gasteiger partial charge in [0.2, 0.25) is 0 Å². The maximum Gasteiger partial charge on any atom is 0.146 e. The Morgan fingerprint density at radius 1 is 1.09 bits per heavy atom. The summed E-state index contributed by atoms with van der Waals surface area (Å²) in [5.74, 6) is 2.70. The third-order valence-corrected chi connectivity index (χ3v) is 7.46. The molecule has 0 amide bonds. The molecule has 1 N–H and O–H groups in total. The summed E-state index contributed by atoms with van der Waals surface area (Å²) in [7, 11) is 1.70. The minimum Gasteiger partial charge on any atom is -0.497 e. The number of rotatable bonds is 7. The molecule has 0 atom stereocenters. The summed E-state index contributed by atoms with van der Waals surface area (Å²) in [6, 6.07) is 16.9. The van der Waals surface area contributed by atoms with Crippen LogP contribution in [-0.2, 0) is 32.5 Å². The SMILES string of the molecule is CCc1c(C)sc2nc(CN3CCc4ccccc4C3)nc(NCc3cccc(OC)c3)c12. The molecule has 5 rings (SSSR count). The lowest BCUT2D eigenvalue weighted by atomic mass is 10.00. The quantitative estimate of drug-likeness (QED) is 0.383. The Kier molecular flexibility index (Phi) is 6.29. The van der Waals surface area contributed by atoms with Gasteiger partial charge in [-0.05, 0) is 54.2 Å². The largest absolute Gasteiger partial charge is 0.497 e. The highest BCUT2D eigenvalue weighted by Crippen LogP contribution is 2.35. The summed E-state index contributed by atoms with van der Waals surface area (Å²) in [4.78, 5) is 14.9. The molecule has 0 unspecified atom stereocenters. The lowest BCUT2D eigenvalue weighted by Gasteiger charge is -2.28. The Morgan fingerprint density at radius 3 is 2.76 bits per heavy atom. The molecule has 2 aromatic carbocycles. The standard InChI is InChI=1S/C27H30N4OS/c1-4-23-18(2)33-27-25(23)26(28-15-19-8-7-11-22(14-19)32-3)29-24(30-27)17-31-13-12-20-9-5-6-10-21(20)16-31/h5-11,14H,4,12-13,15-17H2,1-3H3,(H,28,29,30). The van der Waals surface area contributed by atoms with Crippen molar-refractivity contribution in [1.82, 2.24) is 14.9 Å². The van der Waals surface area contributed by atoms with Gasteiger partial charge in [-0.1, -0.05) is 43.3 Å². The molecule has 3 heterocycles. The fourth-order valence-corrected chi connectivity index (χ4v) is 5.83. The number of thiophene rings is 1. The van der Waals surface area contributed by atoms with Crippen LogP contribution in [0.1, 0.15) is 39.9 Å². The summed E-state index contributed by atoms with van der Waals surface area (Å²) in [6.45, 7) is 7.84.